The lowest BCUT2D eigenvalue weighted by atomic mass is 10.1. The molecule has 1 aromatic carbocycles. The fourth-order valence-corrected chi connectivity index (χ4v) is 2.98. The summed E-state index contributed by atoms with van der Waals surface area (Å²) in [5.41, 5.74) is 1.37. The van der Waals surface area contributed by atoms with E-state index in [1.165, 1.54) is 15.6 Å². The van der Waals surface area contributed by atoms with Crippen molar-refractivity contribution in [2.45, 2.75) is 6.42 Å². The number of fused-ring (bicyclic) bond motifs is 1. The SMILES string of the molecule is CN(CCO)CCOCCc1cccc2ccsc12.Cl. The van der Waals surface area contributed by atoms with Crippen molar-refractivity contribution >= 4 is 33.8 Å². The number of hydrogen-bond donors (Lipinski definition) is 1. The Hall–Kier alpha value is -0.650. The molecule has 5 heteroatoms. The third-order valence-corrected chi connectivity index (χ3v) is 4.18. The van der Waals surface area contributed by atoms with E-state index < -0.39 is 0 Å². The van der Waals surface area contributed by atoms with Gasteiger partial charge in [-0.3, -0.25) is 0 Å². The Kier molecular flexibility index (Phi) is 8.11. The molecule has 2 rings (SSSR count). The molecule has 0 atom stereocenters. The van der Waals surface area contributed by atoms with Crippen LogP contribution in [-0.2, 0) is 11.2 Å². The van der Waals surface area contributed by atoms with Crippen molar-refractivity contribution in [2.24, 2.45) is 0 Å². The zero-order valence-corrected chi connectivity index (χ0v) is 13.4. The molecule has 0 aliphatic rings. The first-order valence-corrected chi connectivity index (χ1v) is 7.51. The third-order valence-electron chi connectivity index (χ3n) is 3.18. The minimum absolute atomic E-state index is 0. The lowest BCUT2D eigenvalue weighted by Crippen LogP contribution is -2.26. The van der Waals surface area contributed by atoms with E-state index in [0.717, 1.165) is 26.2 Å². The second kappa shape index (κ2) is 9.32. The maximum absolute atomic E-state index is 8.79. The van der Waals surface area contributed by atoms with Gasteiger partial charge in [-0.1, -0.05) is 18.2 Å². The summed E-state index contributed by atoms with van der Waals surface area (Å²) >= 11 is 1.80. The van der Waals surface area contributed by atoms with Crippen molar-refractivity contribution < 1.29 is 9.84 Å². The maximum atomic E-state index is 8.79. The normalized spacial score (nSPS) is 10.9. The van der Waals surface area contributed by atoms with E-state index in [9.17, 15) is 0 Å². The summed E-state index contributed by atoms with van der Waals surface area (Å²) in [6.07, 6.45) is 0.960. The number of aliphatic hydroxyl groups excluding tert-OH is 1. The van der Waals surface area contributed by atoms with Crippen molar-refractivity contribution in [2.75, 3.05) is 40.0 Å². The average Bonchev–Trinajstić information content (AvgIpc) is 2.87. The number of aliphatic hydroxyl groups is 1. The largest absolute Gasteiger partial charge is 0.395 e. The Labute approximate surface area is 130 Å². The van der Waals surface area contributed by atoms with Crippen LogP contribution in [0.3, 0.4) is 0 Å². The first-order chi connectivity index (χ1) is 9.31. The summed E-state index contributed by atoms with van der Waals surface area (Å²) in [7, 11) is 1.99. The van der Waals surface area contributed by atoms with Crippen LogP contribution in [0.4, 0.5) is 0 Å². The lowest BCUT2D eigenvalue weighted by Gasteiger charge is -2.14. The topological polar surface area (TPSA) is 32.7 Å². The Morgan fingerprint density at radius 3 is 2.85 bits per heavy atom. The minimum atomic E-state index is 0. The van der Waals surface area contributed by atoms with Crippen molar-refractivity contribution in [3.8, 4) is 0 Å². The Morgan fingerprint density at radius 1 is 1.20 bits per heavy atom. The van der Waals surface area contributed by atoms with Gasteiger partial charge in [-0.15, -0.1) is 23.7 Å². The van der Waals surface area contributed by atoms with Gasteiger partial charge in [0.1, 0.15) is 0 Å². The number of likely N-dealkylation sites (N-methyl/N-ethyl adjacent to an activating group) is 1. The van der Waals surface area contributed by atoms with Crippen LogP contribution in [0.2, 0.25) is 0 Å². The van der Waals surface area contributed by atoms with E-state index in [2.05, 4.69) is 34.5 Å². The van der Waals surface area contributed by atoms with Crippen molar-refractivity contribution in [1.29, 1.82) is 0 Å². The summed E-state index contributed by atoms with van der Waals surface area (Å²) in [5.74, 6) is 0. The Morgan fingerprint density at radius 2 is 2.05 bits per heavy atom. The standard InChI is InChI=1S/C15H21NO2S.ClH/c1-16(7-9-17)8-11-18-10-5-13-3-2-4-14-6-12-19-15(13)14;/h2-4,6,12,17H,5,7-11H2,1H3;1H. The quantitative estimate of drug-likeness (QED) is 0.760. The predicted molar refractivity (Wildman–Crippen MR) is 88.2 cm³/mol. The van der Waals surface area contributed by atoms with Gasteiger partial charge < -0.3 is 14.7 Å². The van der Waals surface area contributed by atoms with Crippen LogP contribution in [0.25, 0.3) is 10.1 Å². The van der Waals surface area contributed by atoms with Gasteiger partial charge in [-0.05, 0) is 35.9 Å². The molecule has 0 spiro atoms. The van der Waals surface area contributed by atoms with Crippen LogP contribution < -0.4 is 0 Å². The molecule has 1 aromatic heterocycles. The van der Waals surface area contributed by atoms with E-state index in [1.54, 1.807) is 11.3 Å². The van der Waals surface area contributed by atoms with Gasteiger partial charge in [0.2, 0.25) is 0 Å². The first kappa shape index (κ1) is 17.4. The zero-order chi connectivity index (χ0) is 13.5. The second-order valence-corrected chi connectivity index (χ2v) is 5.56. The van der Waals surface area contributed by atoms with Crippen LogP contribution >= 0.6 is 23.7 Å². The predicted octanol–water partition coefficient (Wildman–Crippen LogP) is 2.81. The summed E-state index contributed by atoms with van der Waals surface area (Å²) in [6, 6.07) is 8.60. The molecule has 112 valence electrons. The third kappa shape index (κ3) is 5.04. The van der Waals surface area contributed by atoms with Gasteiger partial charge in [0.15, 0.2) is 0 Å². The van der Waals surface area contributed by atoms with Crippen molar-refractivity contribution in [1.82, 2.24) is 4.90 Å². The highest BCUT2D eigenvalue weighted by atomic mass is 35.5. The van der Waals surface area contributed by atoms with Crippen molar-refractivity contribution in [3.05, 3.63) is 35.2 Å². The molecule has 1 heterocycles. The molecule has 0 saturated heterocycles. The molecule has 0 saturated carbocycles. The fraction of sp³-hybridized carbons (Fsp3) is 0.467. The lowest BCUT2D eigenvalue weighted by molar-refractivity contribution is 0.107. The summed E-state index contributed by atoms with van der Waals surface area (Å²) in [5, 5.41) is 12.2. The fourth-order valence-electron chi connectivity index (χ4n) is 2.04. The molecular weight excluding hydrogens is 294 g/mol. The van der Waals surface area contributed by atoms with Crippen molar-refractivity contribution in [3.63, 3.8) is 0 Å². The highest BCUT2D eigenvalue weighted by Gasteiger charge is 2.02. The maximum Gasteiger partial charge on any atom is 0.0593 e. The van der Waals surface area contributed by atoms with Crippen LogP contribution in [0.15, 0.2) is 29.6 Å². The summed E-state index contributed by atoms with van der Waals surface area (Å²) < 4.78 is 7.04. The average molecular weight is 316 g/mol. The Bertz CT molecular complexity index is 503. The van der Waals surface area contributed by atoms with Gasteiger partial charge in [-0.25, -0.2) is 0 Å². The van der Waals surface area contributed by atoms with Gasteiger partial charge >= 0.3 is 0 Å². The molecule has 0 fully saturated rings. The van der Waals surface area contributed by atoms with E-state index in [0.29, 0.717) is 6.54 Å². The molecule has 20 heavy (non-hydrogen) atoms. The highest BCUT2D eigenvalue weighted by molar-refractivity contribution is 7.17. The number of benzene rings is 1. The van der Waals surface area contributed by atoms with Crippen LogP contribution in [0, 0.1) is 0 Å². The molecule has 0 bridgehead atoms. The number of rotatable bonds is 8. The minimum Gasteiger partial charge on any atom is -0.395 e. The molecular formula is C15H22ClNO2S. The number of halogens is 1. The monoisotopic (exact) mass is 315 g/mol. The Balaban J connectivity index is 0.00000200. The molecule has 0 aliphatic carbocycles. The first-order valence-electron chi connectivity index (χ1n) is 6.63. The number of ether oxygens (including phenoxy) is 1. The van der Waals surface area contributed by atoms with Gasteiger partial charge in [0.25, 0.3) is 0 Å². The highest BCUT2D eigenvalue weighted by Crippen LogP contribution is 2.24. The smallest absolute Gasteiger partial charge is 0.0593 e. The van der Waals surface area contributed by atoms with E-state index >= 15 is 0 Å². The second-order valence-electron chi connectivity index (χ2n) is 4.65. The zero-order valence-electron chi connectivity index (χ0n) is 11.7. The number of nitrogens with zero attached hydrogens (tertiary/aromatic N) is 1. The molecule has 0 unspecified atom stereocenters. The molecule has 1 N–H and O–H groups in total. The molecule has 0 aliphatic heterocycles. The molecule has 3 nitrogen and oxygen atoms in total. The number of thiophene rings is 1. The molecule has 2 aromatic rings. The summed E-state index contributed by atoms with van der Waals surface area (Å²) in [6.45, 7) is 3.25. The van der Waals surface area contributed by atoms with Crippen LogP contribution in [0.5, 0.6) is 0 Å². The number of hydrogen-bond acceptors (Lipinski definition) is 4. The summed E-state index contributed by atoms with van der Waals surface area (Å²) in [4.78, 5) is 2.07. The molecule has 0 amide bonds. The van der Waals surface area contributed by atoms with Gasteiger partial charge in [-0.2, -0.15) is 0 Å². The van der Waals surface area contributed by atoms with Gasteiger partial charge in [0.05, 0.1) is 19.8 Å². The van der Waals surface area contributed by atoms with E-state index in [-0.39, 0.29) is 19.0 Å². The van der Waals surface area contributed by atoms with E-state index in [1.807, 2.05) is 7.05 Å². The molecule has 0 radical (unpaired) electrons. The van der Waals surface area contributed by atoms with Gasteiger partial charge in [0, 0.05) is 17.8 Å². The van der Waals surface area contributed by atoms with Crippen LogP contribution in [-0.4, -0.2) is 50.0 Å². The van der Waals surface area contributed by atoms with Crippen LogP contribution in [0.1, 0.15) is 5.56 Å². The van der Waals surface area contributed by atoms with E-state index in [4.69, 9.17) is 9.84 Å².